The summed E-state index contributed by atoms with van der Waals surface area (Å²) in [5.41, 5.74) is 3.66. The highest BCUT2D eigenvalue weighted by atomic mass is 16.5. The number of benzene rings is 2. The van der Waals surface area contributed by atoms with Crippen molar-refractivity contribution >= 4 is 5.78 Å². The molecular formula is C19H20O2. The van der Waals surface area contributed by atoms with Gasteiger partial charge in [0, 0.05) is 12.8 Å². The summed E-state index contributed by atoms with van der Waals surface area (Å²) in [7, 11) is 0. The fourth-order valence-corrected chi connectivity index (χ4v) is 2.75. The average molecular weight is 280 g/mol. The first kappa shape index (κ1) is 13.9. The van der Waals surface area contributed by atoms with Gasteiger partial charge in [0.1, 0.15) is 17.6 Å². The molecule has 0 N–H and O–H groups in total. The van der Waals surface area contributed by atoms with Gasteiger partial charge in [-0.15, -0.1) is 0 Å². The number of Topliss-reactive ketones (excluding diaryl/α,β-unsaturated/α-hetero) is 1. The van der Waals surface area contributed by atoms with Gasteiger partial charge in [0.25, 0.3) is 0 Å². The maximum Gasteiger partial charge on any atom is 0.136 e. The van der Waals surface area contributed by atoms with E-state index in [1.54, 1.807) is 0 Å². The van der Waals surface area contributed by atoms with Crippen molar-refractivity contribution in [2.24, 2.45) is 0 Å². The van der Waals surface area contributed by atoms with Crippen LogP contribution in [0.3, 0.4) is 0 Å². The van der Waals surface area contributed by atoms with Crippen molar-refractivity contribution in [2.45, 2.75) is 38.7 Å². The lowest BCUT2D eigenvalue weighted by Crippen LogP contribution is -2.25. The lowest BCUT2D eigenvalue weighted by molar-refractivity contribution is -0.122. The molecule has 1 aliphatic rings. The highest BCUT2D eigenvalue weighted by Gasteiger charge is 2.20. The van der Waals surface area contributed by atoms with Crippen molar-refractivity contribution in [1.82, 2.24) is 0 Å². The molecule has 1 unspecified atom stereocenters. The second-order valence-corrected chi connectivity index (χ2v) is 5.77. The SMILES string of the molecule is Cc1ccc(-c2ccc(OC3CCCC(=O)C3)cc2)cc1. The maximum atomic E-state index is 11.5. The van der Waals surface area contributed by atoms with E-state index in [9.17, 15) is 4.79 Å². The van der Waals surface area contributed by atoms with Gasteiger partial charge in [0.15, 0.2) is 0 Å². The normalized spacial score (nSPS) is 18.5. The standard InChI is InChI=1S/C19H20O2/c1-14-5-7-15(8-6-14)16-9-11-18(12-10-16)21-19-4-2-3-17(20)13-19/h5-12,19H,2-4,13H2,1H3. The summed E-state index contributed by atoms with van der Waals surface area (Å²) in [4.78, 5) is 11.5. The van der Waals surface area contributed by atoms with E-state index < -0.39 is 0 Å². The van der Waals surface area contributed by atoms with Gasteiger partial charge in [-0.2, -0.15) is 0 Å². The molecular weight excluding hydrogens is 260 g/mol. The Bertz CT molecular complexity index is 611. The van der Waals surface area contributed by atoms with Crippen LogP contribution in [0, 0.1) is 6.92 Å². The second-order valence-electron chi connectivity index (χ2n) is 5.77. The molecule has 1 atom stereocenters. The van der Waals surface area contributed by atoms with Gasteiger partial charge in [-0.25, -0.2) is 0 Å². The third-order valence-corrected chi connectivity index (χ3v) is 3.98. The van der Waals surface area contributed by atoms with E-state index in [0.717, 1.165) is 18.6 Å². The van der Waals surface area contributed by atoms with Gasteiger partial charge in [-0.3, -0.25) is 4.79 Å². The number of ether oxygens (including phenoxy) is 1. The molecule has 2 aromatic carbocycles. The van der Waals surface area contributed by atoms with E-state index in [4.69, 9.17) is 4.74 Å². The molecule has 2 nitrogen and oxygen atoms in total. The van der Waals surface area contributed by atoms with Crippen molar-refractivity contribution in [3.05, 3.63) is 54.1 Å². The Kier molecular flexibility index (Phi) is 4.05. The molecule has 1 fully saturated rings. The molecule has 0 bridgehead atoms. The van der Waals surface area contributed by atoms with Crippen molar-refractivity contribution in [3.63, 3.8) is 0 Å². The van der Waals surface area contributed by atoms with Crippen molar-refractivity contribution in [1.29, 1.82) is 0 Å². The first-order valence-electron chi connectivity index (χ1n) is 7.56. The number of ketones is 1. The van der Waals surface area contributed by atoms with E-state index in [0.29, 0.717) is 18.6 Å². The molecule has 3 rings (SSSR count). The van der Waals surface area contributed by atoms with Crippen LogP contribution in [0.4, 0.5) is 0 Å². The number of hydrogen-bond acceptors (Lipinski definition) is 2. The Morgan fingerprint density at radius 3 is 2.19 bits per heavy atom. The van der Waals surface area contributed by atoms with Crippen LogP contribution in [0.25, 0.3) is 11.1 Å². The van der Waals surface area contributed by atoms with Crippen LogP contribution >= 0.6 is 0 Å². The van der Waals surface area contributed by atoms with Gasteiger partial charge < -0.3 is 4.74 Å². The second kappa shape index (κ2) is 6.13. The molecule has 0 aliphatic heterocycles. The zero-order valence-corrected chi connectivity index (χ0v) is 12.3. The average Bonchev–Trinajstić information content (AvgIpc) is 2.49. The predicted molar refractivity (Wildman–Crippen MR) is 84.5 cm³/mol. The molecule has 1 saturated carbocycles. The zero-order valence-electron chi connectivity index (χ0n) is 12.3. The van der Waals surface area contributed by atoms with Gasteiger partial charge >= 0.3 is 0 Å². The molecule has 0 spiro atoms. The molecule has 1 aliphatic carbocycles. The Morgan fingerprint density at radius 2 is 1.57 bits per heavy atom. The third kappa shape index (κ3) is 3.52. The maximum absolute atomic E-state index is 11.5. The van der Waals surface area contributed by atoms with Crippen LogP contribution in [0.15, 0.2) is 48.5 Å². The fourth-order valence-electron chi connectivity index (χ4n) is 2.75. The van der Waals surface area contributed by atoms with Gasteiger partial charge in [-0.1, -0.05) is 42.0 Å². The Morgan fingerprint density at radius 1 is 0.952 bits per heavy atom. The van der Waals surface area contributed by atoms with Crippen LogP contribution in [-0.2, 0) is 4.79 Å². The first-order valence-corrected chi connectivity index (χ1v) is 7.56. The number of carbonyl (C=O) groups is 1. The molecule has 0 aromatic heterocycles. The van der Waals surface area contributed by atoms with E-state index in [1.165, 1.54) is 16.7 Å². The number of rotatable bonds is 3. The quantitative estimate of drug-likeness (QED) is 0.824. The number of aryl methyl sites for hydroxylation is 1. The molecule has 2 aromatic rings. The van der Waals surface area contributed by atoms with Gasteiger partial charge in [0.05, 0.1) is 0 Å². The molecule has 0 radical (unpaired) electrons. The zero-order chi connectivity index (χ0) is 14.7. The van der Waals surface area contributed by atoms with Crippen LogP contribution in [0.5, 0.6) is 5.75 Å². The van der Waals surface area contributed by atoms with Crippen LogP contribution in [0.1, 0.15) is 31.2 Å². The lowest BCUT2D eigenvalue weighted by Gasteiger charge is -2.22. The third-order valence-electron chi connectivity index (χ3n) is 3.98. The van der Waals surface area contributed by atoms with Crippen molar-refractivity contribution < 1.29 is 9.53 Å². The smallest absolute Gasteiger partial charge is 0.136 e. The van der Waals surface area contributed by atoms with E-state index in [2.05, 4.69) is 43.3 Å². The highest BCUT2D eigenvalue weighted by molar-refractivity contribution is 5.79. The molecule has 108 valence electrons. The summed E-state index contributed by atoms with van der Waals surface area (Å²) in [5, 5.41) is 0. The summed E-state index contributed by atoms with van der Waals surface area (Å²) >= 11 is 0. The largest absolute Gasteiger partial charge is 0.490 e. The first-order chi connectivity index (χ1) is 10.2. The summed E-state index contributed by atoms with van der Waals surface area (Å²) in [5.74, 6) is 1.17. The van der Waals surface area contributed by atoms with E-state index in [-0.39, 0.29) is 6.10 Å². The minimum Gasteiger partial charge on any atom is -0.490 e. The Labute approximate surface area is 125 Å². The van der Waals surface area contributed by atoms with E-state index >= 15 is 0 Å². The lowest BCUT2D eigenvalue weighted by atomic mass is 9.96. The minimum absolute atomic E-state index is 0.0523. The molecule has 0 saturated heterocycles. The monoisotopic (exact) mass is 280 g/mol. The molecule has 0 amide bonds. The van der Waals surface area contributed by atoms with Crippen LogP contribution in [0.2, 0.25) is 0 Å². The summed E-state index contributed by atoms with van der Waals surface area (Å²) in [6.07, 6.45) is 3.25. The van der Waals surface area contributed by atoms with Crippen molar-refractivity contribution in [2.75, 3.05) is 0 Å². The highest BCUT2D eigenvalue weighted by Crippen LogP contribution is 2.25. The summed E-state index contributed by atoms with van der Waals surface area (Å²) < 4.78 is 5.91. The summed E-state index contributed by atoms with van der Waals surface area (Å²) in [6, 6.07) is 16.6. The Balaban J connectivity index is 1.69. The summed E-state index contributed by atoms with van der Waals surface area (Å²) in [6.45, 7) is 2.09. The van der Waals surface area contributed by atoms with Gasteiger partial charge in [-0.05, 0) is 43.0 Å². The molecule has 21 heavy (non-hydrogen) atoms. The van der Waals surface area contributed by atoms with E-state index in [1.807, 2.05) is 12.1 Å². The molecule has 0 heterocycles. The fraction of sp³-hybridized carbons (Fsp3) is 0.316. The van der Waals surface area contributed by atoms with Gasteiger partial charge in [0.2, 0.25) is 0 Å². The van der Waals surface area contributed by atoms with Crippen LogP contribution < -0.4 is 4.74 Å². The number of carbonyl (C=O) groups excluding carboxylic acids is 1. The Hall–Kier alpha value is -2.09. The van der Waals surface area contributed by atoms with Crippen LogP contribution in [-0.4, -0.2) is 11.9 Å². The molecule has 2 heteroatoms. The predicted octanol–water partition coefficient (Wildman–Crippen LogP) is 4.55. The van der Waals surface area contributed by atoms with Crippen molar-refractivity contribution in [3.8, 4) is 16.9 Å². The minimum atomic E-state index is 0.0523. The number of hydrogen-bond donors (Lipinski definition) is 0. The topological polar surface area (TPSA) is 26.3 Å².